The molecule has 0 aliphatic carbocycles. The zero-order valence-electron chi connectivity index (χ0n) is 10.5. The predicted octanol–water partition coefficient (Wildman–Crippen LogP) is 2.24. The topological polar surface area (TPSA) is 55.9 Å². The summed E-state index contributed by atoms with van der Waals surface area (Å²) in [6.07, 6.45) is 1.86. The molecule has 0 bridgehead atoms. The van der Waals surface area contributed by atoms with Crippen LogP contribution in [-0.2, 0) is 6.54 Å². The normalized spacial score (nSPS) is 12.7. The van der Waals surface area contributed by atoms with Gasteiger partial charge in [-0.1, -0.05) is 42.5 Å². The Morgan fingerprint density at radius 1 is 1.05 bits per heavy atom. The molecule has 0 spiro atoms. The molecular weight excluding hydrogens is 236 g/mol. The summed E-state index contributed by atoms with van der Waals surface area (Å²) in [5, 5.41) is 0. The first kappa shape index (κ1) is 11.9. The number of nitrogens with one attached hydrogen (secondary N) is 1. The number of nitrogens with two attached hydrogens (primary N) is 1. The third-order valence-corrected chi connectivity index (χ3v) is 3.31. The van der Waals surface area contributed by atoms with Crippen LogP contribution in [0.25, 0.3) is 11.0 Å². The molecule has 3 aromatic rings. The van der Waals surface area contributed by atoms with Crippen molar-refractivity contribution in [1.29, 1.82) is 0 Å². The molecule has 1 aromatic heterocycles. The van der Waals surface area contributed by atoms with Gasteiger partial charge in [0.25, 0.3) is 0 Å². The standard InChI is InChI=1S/C15H16N4/c16-18-14(12-6-2-1-3-7-12)10-19-11-17-13-8-4-5-9-15(13)19/h1-9,11,14,18H,10,16H2. The van der Waals surface area contributed by atoms with E-state index in [1.54, 1.807) is 0 Å². The molecule has 4 nitrogen and oxygen atoms in total. The van der Waals surface area contributed by atoms with E-state index < -0.39 is 0 Å². The molecule has 3 rings (SSSR count). The molecule has 0 aliphatic rings. The van der Waals surface area contributed by atoms with Crippen LogP contribution in [0.2, 0.25) is 0 Å². The smallest absolute Gasteiger partial charge is 0.0958 e. The third-order valence-electron chi connectivity index (χ3n) is 3.31. The maximum atomic E-state index is 5.68. The lowest BCUT2D eigenvalue weighted by molar-refractivity contribution is 0.481. The summed E-state index contributed by atoms with van der Waals surface area (Å²) in [5.74, 6) is 5.68. The van der Waals surface area contributed by atoms with Gasteiger partial charge >= 0.3 is 0 Å². The molecule has 19 heavy (non-hydrogen) atoms. The van der Waals surface area contributed by atoms with Crippen LogP contribution < -0.4 is 11.3 Å². The average Bonchev–Trinajstić information content (AvgIpc) is 2.89. The van der Waals surface area contributed by atoms with Crippen molar-refractivity contribution < 1.29 is 0 Å². The van der Waals surface area contributed by atoms with E-state index in [2.05, 4.69) is 33.2 Å². The van der Waals surface area contributed by atoms with Crippen LogP contribution in [0.5, 0.6) is 0 Å². The van der Waals surface area contributed by atoms with Crippen molar-refractivity contribution in [2.45, 2.75) is 12.6 Å². The van der Waals surface area contributed by atoms with Crippen LogP contribution in [0.1, 0.15) is 11.6 Å². The number of benzene rings is 2. The van der Waals surface area contributed by atoms with Gasteiger partial charge in [0.05, 0.1) is 23.4 Å². The minimum Gasteiger partial charge on any atom is -0.329 e. The zero-order chi connectivity index (χ0) is 13.1. The Morgan fingerprint density at radius 3 is 2.58 bits per heavy atom. The summed E-state index contributed by atoms with van der Waals surface area (Å²) in [4.78, 5) is 4.39. The summed E-state index contributed by atoms with van der Waals surface area (Å²) < 4.78 is 2.12. The molecule has 2 aromatic carbocycles. The molecule has 0 aliphatic heterocycles. The lowest BCUT2D eigenvalue weighted by atomic mass is 10.1. The maximum Gasteiger partial charge on any atom is 0.0958 e. The molecule has 0 saturated heterocycles. The predicted molar refractivity (Wildman–Crippen MR) is 76.2 cm³/mol. The van der Waals surface area contributed by atoms with Gasteiger partial charge in [-0.25, -0.2) is 4.98 Å². The highest BCUT2D eigenvalue weighted by molar-refractivity contribution is 5.74. The van der Waals surface area contributed by atoms with Crippen LogP contribution in [0.4, 0.5) is 0 Å². The van der Waals surface area contributed by atoms with Gasteiger partial charge in [-0.05, 0) is 17.7 Å². The first-order valence-electron chi connectivity index (χ1n) is 6.29. The van der Waals surface area contributed by atoms with E-state index >= 15 is 0 Å². The quantitative estimate of drug-likeness (QED) is 0.553. The van der Waals surface area contributed by atoms with E-state index in [1.807, 2.05) is 42.7 Å². The SMILES string of the molecule is NNC(Cn1cnc2ccccc21)c1ccccc1. The minimum atomic E-state index is 0.0683. The van der Waals surface area contributed by atoms with Gasteiger partial charge in [-0.15, -0.1) is 0 Å². The van der Waals surface area contributed by atoms with Gasteiger partial charge in [0.1, 0.15) is 0 Å². The maximum absolute atomic E-state index is 5.68. The Morgan fingerprint density at radius 2 is 1.79 bits per heavy atom. The number of para-hydroxylation sites is 2. The van der Waals surface area contributed by atoms with E-state index in [0.717, 1.165) is 17.6 Å². The molecule has 1 heterocycles. The van der Waals surface area contributed by atoms with Crippen LogP contribution in [0.3, 0.4) is 0 Å². The van der Waals surface area contributed by atoms with Crippen LogP contribution >= 0.6 is 0 Å². The number of rotatable bonds is 4. The minimum absolute atomic E-state index is 0.0683. The van der Waals surface area contributed by atoms with Gasteiger partial charge in [0.15, 0.2) is 0 Å². The number of imidazole rings is 1. The fourth-order valence-corrected chi connectivity index (χ4v) is 2.29. The van der Waals surface area contributed by atoms with E-state index in [1.165, 1.54) is 5.56 Å². The highest BCUT2D eigenvalue weighted by Crippen LogP contribution is 2.18. The lowest BCUT2D eigenvalue weighted by Gasteiger charge is -2.17. The fourth-order valence-electron chi connectivity index (χ4n) is 2.29. The van der Waals surface area contributed by atoms with Crippen LogP contribution in [0.15, 0.2) is 60.9 Å². The Labute approximate surface area is 111 Å². The largest absolute Gasteiger partial charge is 0.329 e. The average molecular weight is 252 g/mol. The molecular formula is C15H16N4. The second-order valence-corrected chi connectivity index (χ2v) is 4.52. The highest BCUT2D eigenvalue weighted by Gasteiger charge is 2.11. The Kier molecular flexibility index (Phi) is 3.27. The van der Waals surface area contributed by atoms with Gasteiger partial charge in [-0.3, -0.25) is 11.3 Å². The number of aromatic nitrogens is 2. The van der Waals surface area contributed by atoms with Gasteiger partial charge < -0.3 is 4.57 Å². The summed E-state index contributed by atoms with van der Waals surface area (Å²) in [6, 6.07) is 18.4. The Balaban J connectivity index is 1.91. The van der Waals surface area contributed by atoms with Crippen molar-refractivity contribution in [1.82, 2.24) is 15.0 Å². The summed E-state index contributed by atoms with van der Waals surface area (Å²) in [5.41, 5.74) is 6.17. The number of fused-ring (bicyclic) bond motifs is 1. The van der Waals surface area contributed by atoms with E-state index in [9.17, 15) is 0 Å². The van der Waals surface area contributed by atoms with E-state index in [0.29, 0.717) is 0 Å². The van der Waals surface area contributed by atoms with Gasteiger partial charge in [0, 0.05) is 6.54 Å². The van der Waals surface area contributed by atoms with Gasteiger partial charge in [-0.2, -0.15) is 0 Å². The van der Waals surface area contributed by atoms with Crippen LogP contribution in [-0.4, -0.2) is 9.55 Å². The molecule has 4 heteroatoms. The Hall–Kier alpha value is -2.17. The van der Waals surface area contributed by atoms with Crippen molar-refractivity contribution in [2.75, 3.05) is 0 Å². The van der Waals surface area contributed by atoms with Crippen molar-refractivity contribution >= 4 is 11.0 Å². The van der Waals surface area contributed by atoms with E-state index in [-0.39, 0.29) is 6.04 Å². The molecule has 96 valence electrons. The number of hydrogen-bond donors (Lipinski definition) is 2. The molecule has 0 radical (unpaired) electrons. The zero-order valence-corrected chi connectivity index (χ0v) is 10.5. The highest BCUT2D eigenvalue weighted by atomic mass is 15.2. The summed E-state index contributed by atoms with van der Waals surface area (Å²) >= 11 is 0. The summed E-state index contributed by atoms with van der Waals surface area (Å²) in [7, 11) is 0. The van der Waals surface area contributed by atoms with E-state index in [4.69, 9.17) is 5.84 Å². The number of hydrazine groups is 1. The second-order valence-electron chi connectivity index (χ2n) is 4.52. The number of nitrogens with zero attached hydrogens (tertiary/aromatic N) is 2. The van der Waals surface area contributed by atoms with Crippen molar-refractivity contribution in [2.24, 2.45) is 5.84 Å². The second kappa shape index (κ2) is 5.22. The lowest BCUT2D eigenvalue weighted by Crippen LogP contribution is -2.31. The fraction of sp³-hybridized carbons (Fsp3) is 0.133. The van der Waals surface area contributed by atoms with Crippen LogP contribution in [0, 0.1) is 0 Å². The molecule has 1 atom stereocenters. The van der Waals surface area contributed by atoms with Crippen molar-refractivity contribution in [3.63, 3.8) is 0 Å². The summed E-state index contributed by atoms with van der Waals surface area (Å²) in [6.45, 7) is 0.751. The molecule has 0 fully saturated rings. The molecule has 3 N–H and O–H groups in total. The molecule has 0 saturated carbocycles. The van der Waals surface area contributed by atoms with Crippen molar-refractivity contribution in [3.8, 4) is 0 Å². The van der Waals surface area contributed by atoms with Gasteiger partial charge in [0.2, 0.25) is 0 Å². The molecule has 1 unspecified atom stereocenters. The first-order valence-corrected chi connectivity index (χ1v) is 6.29. The molecule has 0 amide bonds. The first-order chi connectivity index (χ1) is 9.38. The van der Waals surface area contributed by atoms with Crippen molar-refractivity contribution in [3.05, 3.63) is 66.5 Å². The monoisotopic (exact) mass is 252 g/mol. The Bertz CT molecular complexity index is 660. The number of hydrogen-bond acceptors (Lipinski definition) is 3. The third kappa shape index (κ3) is 2.36.